The van der Waals surface area contributed by atoms with E-state index in [0.29, 0.717) is 11.4 Å². The molecule has 5 nitrogen and oxygen atoms in total. The zero-order chi connectivity index (χ0) is 12.8. The second kappa shape index (κ2) is 6.86. The Morgan fingerprint density at radius 2 is 1.88 bits per heavy atom. The molecule has 3 atom stereocenters. The van der Waals surface area contributed by atoms with Crippen molar-refractivity contribution in [1.29, 1.82) is 0 Å². The summed E-state index contributed by atoms with van der Waals surface area (Å²) in [6, 6.07) is 0. The molecule has 0 spiro atoms. The van der Waals surface area contributed by atoms with Gasteiger partial charge in [-0.1, -0.05) is 0 Å². The van der Waals surface area contributed by atoms with Crippen LogP contribution in [0.5, 0.6) is 0 Å². The highest BCUT2D eigenvalue weighted by atomic mass is 32.2. The van der Waals surface area contributed by atoms with Crippen molar-refractivity contribution in [2.75, 3.05) is 12.9 Å². The number of hydrogen-bond donors (Lipinski definition) is 0. The van der Waals surface area contributed by atoms with Crippen LogP contribution >= 0.6 is 11.8 Å². The fourth-order valence-electron chi connectivity index (χ4n) is 1.61. The highest BCUT2D eigenvalue weighted by molar-refractivity contribution is 8.00. The maximum atomic E-state index is 10.7. The summed E-state index contributed by atoms with van der Waals surface area (Å²) in [5.74, 6) is 0.570. The Kier molecular flexibility index (Phi) is 5.77. The van der Waals surface area contributed by atoms with Crippen LogP contribution in [0.3, 0.4) is 0 Å². The number of esters is 2. The molecule has 0 aromatic carbocycles. The Morgan fingerprint density at radius 3 is 2.18 bits per heavy atom. The molecule has 3 saturated heterocycles. The lowest BCUT2D eigenvalue weighted by Crippen LogP contribution is -2.45. The molecule has 3 aliphatic rings. The number of fused-ring (bicyclic) bond motifs is 3. The van der Waals surface area contributed by atoms with Crippen LogP contribution < -0.4 is 0 Å². The molecular formula is C11H18O5S. The summed E-state index contributed by atoms with van der Waals surface area (Å²) in [5.41, 5.74) is 0. The van der Waals surface area contributed by atoms with E-state index in [0.717, 1.165) is 18.6 Å². The molecule has 3 heterocycles. The smallest absolute Gasteiger partial charge is 0.304 e. The molecule has 2 bridgehead atoms. The van der Waals surface area contributed by atoms with Crippen molar-refractivity contribution in [2.24, 2.45) is 0 Å². The molecule has 0 aromatic rings. The van der Waals surface area contributed by atoms with Crippen molar-refractivity contribution in [3.63, 3.8) is 0 Å². The zero-order valence-electron chi connectivity index (χ0n) is 10.3. The van der Waals surface area contributed by atoms with E-state index in [1.165, 1.54) is 21.0 Å². The van der Waals surface area contributed by atoms with Crippen molar-refractivity contribution >= 4 is 23.7 Å². The summed E-state index contributed by atoms with van der Waals surface area (Å²) in [6.45, 7) is 2.79. The predicted octanol–water partition coefficient (Wildman–Crippen LogP) is 1.35. The van der Waals surface area contributed by atoms with Gasteiger partial charge in [-0.05, 0) is 12.8 Å². The largest absolute Gasteiger partial charge is 0.469 e. The molecule has 0 radical (unpaired) electrons. The lowest BCUT2D eigenvalue weighted by Gasteiger charge is -2.40. The summed E-state index contributed by atoms with van der Waals surface area (Å²) in [4.78, 5) is 20.3. The van der Waals surface area contributed by atoms with E-state index in [1.807, 2.05) is 11.8 Å². The van der Waals surface area contributed by atoms with Gasteiger partial charge in [-0.3, -0.25) is 9.59 Å². The molecule has 98 valence electrons. The van der Waals surface area contributed by atoms with Crippen molar-refractivity contribution in [3.8, 4) is 0 Å². The highest BCUT2D eigenvalue weighted by Gasteiger charge is 2.38. The van der Waals surface area contributed by atoms with Gasteiger partial charge in [0.2, 0.25) is 6.29 Å². The predicted molar refractivity (Wildman–Crippen MR) is 63.6 cm³/mol. The molecule has 0 N–H and O–H groups in total. The average Bonchev–Trinajstić information content (AvgIpc) is 2.30. The van der Waals surface area contributed by atoms with Gasteiger partial charge in [0.1, 0.15) is 0 Å². The molecule has 0 saturated carbocycles. The summed E-state index contributed by atoms with van der Waals surface area (Å²) < 4.78 is 14.7. The third kappa shape index (κ3) is 4.95. The summed E-state index contributed by atoms with van der Waals surface area (Å²) in [6.07, 6.45) is 2.27. The minimum Gasteiger partial charge on any atom is -0.469 e. The minimum absolute atomic E-state index is 0.242. The molecule has 0 aliphatic carbocycles. The topological polar surface area (TPSA) is 61.8 Å². The number of hydrogen-bond acceptors (Lipinski definition) is 6. The van der Waals surface area contributed by atoms with Crippen LogP contribution in [0.4, 0.5) is 0 Å². The van der Waals surface area contributed by atoms with E-state index in [-0.39, 0.29) is 18.2 Å². The standard InChI is InChI=1S/C8H12O3S.C3H6O2/c1-5(9)10-8-7-3-2-6(11-8)4-12-7;1-3(4)5-2/h6-8H,2-4H2,1H3;1-2H3/t6-,7-,8?;/m0./s1. The first-order valence-corrected chi connectivity index (χ1v) is 6.56. The summed E-state index contributed by atoms with van der Waals surface area (Å²) in [5, 5.41) is 0.374. The van der Waals surface area contributed by atoms with Gasteiger partial charge < -0.3 is 14.2 Å². The van der Waals surface area contributed by atoms with Gasteiger partial charge in [0.05, 0.1) is 18.5 Å². The van der Waals surface area contributed by atoms with E-state index in [9.17, 15) is 9.59 Å². The van der Waals surface area contributed by atoms with Crippen LogP contribution in [-0.4, -0.2) is 42.4 Å². The van der Waals surface area contributed by atoms with E-state index in [4.69, 9.17) is 9.47 Å². The zero-order valence-corrected chi connectivity index (χ0v) is 11.1. The molecular weight excluding hydrogens is 244 g/mol. The molecule has 17 heavy (non-hydrogen) atoms. The quantitative estimate of drug-likeness (QED) is 0.665. The second-order valence-electron chi connectivity index (χ2n) is 3.88. The van der Waals surface area contributed by atoms with Gasteiger partial charge >= 0.3 is 11.9 Å². The normalized spacial score (nSPS) is 29.9. The maximum Gasteiger partial charge on any atom is 0.304 e. The number of rotatable bonds is 1. The van der Waals surface area contributed by atoms with E-state index in [2.05, 4.69) is 4.74 Å². The SMILES string of the molecule is CC(=O)OC1O[C@H]2CC[C@@H]1SC2.COC(C)=O. The number of carbonyl (C=O) groups is 2. The maximum absolute atomic E-state index is 10.7. The lowest BCUT2D eigenvalue weighted by atomic mass is 10.1. The highest BCUT2D eigenvalue weighted by Crippen LogP contribution is 2.37. The second-order valence-corrected chi connectivity index (χ2v) is 5.15. The molecule has 3 aliphatic heterocycles. The van der Waals surface area contributed by atoms with Crippen LogP contribution in [0.25, 0.3) is 0 Å². The number of thioether (sulfide) groups is 1. The van der Waals surface area contributed by atoms with Crippen molar-refractivity contribution in [2.45, 2.75) is 44.3 Å². The number of methoxy groups -OCH3 is 1. The first kappa shape index (κ1) is 14.3. The Morgan fingerprint density at radius 1 is 1.24 bits per heavy atom. The number of carbonyl (C=O) groups excluding carboxylic acids is 2. The first-order valence-electron chi connectivity index (χ1n) is 5.51. The molecule has 0 amide bonds. The van der Waals surface area contributed by atoms with Crippen molar-refractivity contribution in [3.05, 3.63) is 0 Å². The Bertz CT molecular complexity index is 273. The third-order valence-electron chi connectivity index (χ3n) is 2.47. The molecule has 1 unspecified atom stereocenters. The molecule has 3 rings (SSSR count). The Balaban J connectivity index is 0.000000249. The third-order valence-corrected chi connectivity index (χ3v) is 3.92. The lowest BCUT2D eigenvalue weighted by molar-refractivity contribution is -0.197. The van der Waals surface area contributed by atoms with Crippen LogP contribution in [0, 0.1) is 0 Å². The number of ether oxygens (including phenoxy) is 3. The first-order chi connectivity index (χ1) is 8.02. The van der Waals surface area contributed by atoms with Gasteiger partial charge in [-0.25, -0.2) is 0 Å². The van der Waals surface area contributed by atoms with Gasteiger partial charge in [0, 0.05) is 19.6 Å². The van der Waals surface area contributed by atoms with Crippen LogP contribution in [0.2, 0.25) is 0 Å². The van der Waals surface area contributed by atoms with Crippen molar-refractivity contribution in [1.82, 2.24) is 0 Å². The van der Waals surface area contributed by atoms with E-state index >= 15 is 0 Å². The fraction of sp³-hybridized carbons (Fsp3) is 0.818. The van der Waals surface area contributed by atoms with Crippen LogP contribution in [0.1, 0.15) is 26.7 Å². The van der Waals surface area contributed by atoms with Gasteiger partial charge in [0.15, 0.2) is 0 Å². The average molecular weight is 262 g/mol. The van der Waals surface area contributed by atoms with Crippen molar-refractivity contribution < 1.29 is 23.8 Å². The van der Waals surface area contributed by atoms with Crippen LogP contribution in [0.15, 0.2) is 0 Å². The molecule has 3 fully saturated rings. The monoisotopic (exact) mass is 262 g/mol. The molecule has 0 aromatic heterocycles. The van der Waals surface area contributed by atoms with Gasteiger partial charge in [-0.15, -0.1) is 11.8 Å². The van der Waals surface area contributed by atoms with E-state index < -0.39 is 0 Å². The van der Waals surface area contributed by atoms with E-state index in [1.54, 1.807) is 0 Å². The van der Waals surface area contributed by atoms with Crippen LogP contribution in [-0.2, 0) is 23.8 Å². The summed E-state index contributed by atoms with van der Waals surface area (Å²) in [7, 11) is 1.35. The molecule has 6 heteroatoms. The van der Waals surface area contributed by atoms with Gasteiger partial charge in [-0.2, -0.15) is 0 Å². The minimum atomic E-state index is -0.278. The Labute approximate surface area is 105 Å². The summed E-state index contributed by atoms with van der Waals surface area (Å²) >= 11 is 1.86. The Hall–Kier alpha value is -0.750. The van der Waals surface area contributed by atoms with Gasteiger partial charge in [0.25, 0.3) is 0 Å². The fourth-order valence-corrected chi connectivity index (χ4v) is 2.90.